The third kappa shape index (κ3) is 7.90. The average Bonchev–Trinajstić information content (AvgIpc) is 2.84. The van der Waals surface area contributed by atoms with Crippen molar-refractivity contribution in [2.45, 2.75) is 38.5 Å². The largest absolute Gasteiger partial charge is 0.383 e. The van der Waals surface area contributed by atoms with Crippen molar-refractivity contribution in [3.05, 3.63) is 0 Å². The molecule has 0 radical (unpaired) electrons. The minimum absolute atomic E-state index is 0.328. The van der Waals surface area contributed by atoms with Crippen molar-refractivity contribution >= 4 is 9.84 Å². The lowest BCUT2D eigenvalue weighted by atomic mass is 9.87. The van der Waals surface area contributed by atoms with E-state index in [1.54, 1.807) is 7.11 Å². The Hall–Kier alpha value is -0.130. The van der Waals surface area contributed by atoms with Gasteiger partial charge in [-0.1, -0.05) is 25.7 Å². The highest BCUT2D eigenvalue weighted by Gasteiger charge is 2.24. The second-order valence-electron chi connectivity index (χ2n) is 5.77. The summed E-state index contributed by atoms with van der Waals surface area (Å²) >= 11 is 0. The van der Waals surface area contributed by atoms with E-state index in [1.807, 2.05) is 0 Å². The van der Waals surface area contributed by atoms with Gasteiger partial charge in [-0.3, -0.25) is 0 Å². The van der Waals surface area contributed by atoms with Gasteiger partial charge in [0.05, 0.1) is 6.61 Å². The fraction of sp³-hybridized carbons (Fsp3) is 1.00. The third-order valence-corrected chi connectivity index (χ3v) is 5.08. The van der Waals surface area contributed by atoms with Crippen LogP contribution in [0.4, 0.5) is 0 Å². The summed E-state index contributed by atoms with van der Waals surface area (Å²) in [5.74, 6) is 1.74. The Labute approximate surface area is 118 Å². The molecule has 19 heavy (non-hydrogen) atoms. The quantitative estimate of drug-likeness (QED) is 0.624. The van der Waals surface area contributed by atoms with Crippen LogP contribution in [-0.4, -0.2) is 47.2 Å². The first kappa shape index (κ1) is 16.9. The molecule has 114 valence electrons. The summed E-state index contributed by atoms with van der Waals surface area (Å²) in [5, 5.41) is 3.44. The molecule has 1 rings (SSSR count). The summed E-state index contributed by atoms with van der Waals surface area (Å²) in [7, 11) is -1.10. The standard InChI is InChI=1S/C14H29NO3S/c1-18-10-9-15-12-14(13-6-3-4-7-13)8-5-11-19(2,16)17/h13-15H,3-12H2,1-2H3. The zero-order valence-corrected chi connectivity index (χ0v) is 13.2. The summed E-state index contributed by atoms with van der Waals surface area (Å²) in [6, 6.07) is 0. The average molecular weight is 291 g/mol. The van der Waals surface area contributed by atoms with Gasteiger partial charge in [0, 0.05) is 25.7 Å². The van der Waals surface area contributed by atoms with Crippen LogP contribution in [0.3, 0.4) is 0 Å². The Morgan fingerprint density at radius 2 is 2.00 bits per heavy atom. The molecule has 0 bridgehead atoms. The van der Waals surface area contributed by atoms with Crippen LogP contribution in [0.15, 0.2) is 0 Å². The van der Waals surface area contributed by atoms with E-state index >= 15 is 0 Å². The fourth-order valence-electron chi connectivity index (χ4n) is 3.00. The number of hydrogen-bond donors (Lipinski definition) is 1. The highest BCUT2D eigenvalue weighted by Crippen LogP contribution is 2.33. The molecule has 0 heterocycles. The lowest BCUT2D eigenvalue weighted by Crippen LogP contribution is -2.30. The van der Waals surface area contributed by atoms with Crippen LogP contribution in [0.5, 0.6) is 0 Å². The molecule has 0 aliphatic heterocycles. The minimum atomic E-state index is -2.81. The monoisotopic (exact) mass is 291 g/mol. The molecule has 1 N–H and O–H groups in total. The number of sulfone groups is 1. The first-order valence-electron chi connectivity index (χ1n) is 7.40. The van der Waals surface area contributed by atoms with Crippen LogP contribution >= 0.6 is 0 Å². The van der Waals surface area contributed by atoms with Gasteiger partial charge in [-0.05, 0) is 31.2 Å². The molecule has 0 saturated heterocycles. The van der Waals surface area contributed by atoms with Gasteiger partial charge in [-0.25, -0.2) is 8.42 Å². The van der Waals surface area contributed by atoms with E-state index < -0.39 is 9.84 Å². The maximum atomic E-state index is 11.2. The number of nitrogens with one attached hydrogen (secondary N) is 1. The molecule has 0 amide bonds. The summed E-state index contributed by atoms with van der Waals surface area (Å²) in [5.41, 5.74) is 0. The van der Waals surface area contributed by atoms with Crippen LogP contribution in [0, 0.1) is 11.8 Å². The molecule has 1 fully saturated rings. The van der Waals surface area contributed by atoms with Crippen molar-refractivity contribution in [3.63, 3.8) is 0 Å². The summed E-state index contributed by atoms with van der Waals surface area (Å²) < 4.78 is 27.4. The Morgan fingerprint density at radius 1 is 1.32 bits per heavy atom. The summed E-state index contributed by atoms with van der Waals surface area (Å²) in [4.78, 5) is 0. The van der Waals surface area contributed by atoms with Gasteiger partial charge in [0.1, 0.15) is 9.84 Å². The van der Waals surface area contributed by atoms with Gasteiger partial charge in [-0.2, -0.15) is 0 Å². The van der Waals surface area contributed by atoms with Crippen LogP contribution < -0.4 is 5.32 Å². The van der Waals surface area contributed by atoms with Gasteiger partial charge in [-0.15, -0.1) is 0 Å². The van der Waals surface area contributed by atoms with Crippen LogP contribution in [-0.2, 0) is 14.6 Å². The predicted octanol–water partition coefficient (Wildman–Crippen LogP) is 1.85. The zero-order chi connectivity index (χ0) is 14.1. The summed E-state index contributed by atoms with van der Waals surface area (Å²) in [6.45, 7) is 2.62. The molecule has 0 aromatic heterocycles. The van der Waals surface area contributed by atoms with Crippen LogP contribution in [0.25, 0.3) is 0 Å². The van der Waals surface area contributed by atoms with E-state index in [0.29, 0.717) is 11.7 Å². The zero-order valence-electron chi connectivity index (χ0n) is 12.4. The van der Waals surface area contributed by atoms with Crippen LogP contribution in [0.1, 0.15) is 38.5 Å². The Balaban J connectivity index is 2.31. The molecular formula is C14H29NO3S. The Kier molecular flexibility index (Phi) is 7.95. The molecule has 0 aromatic rings. The molecule has 1 saturated carbocycles. The van der Waals surface area contributed by atoms with Crippen molar-refractivity contribution in [1.82, 2.24) is 5.32 Å². The van der Waals surface area contributed by atoms with Crippen molar-refractivity contribution in [3.8, 4) is 0 Å². The van der Waals surface area contributed by atoms with Crippen molar-refractivity contribution in [1.29, 1.82) is 0 Å². The normalized spacial score (nSPS) is 18.8. The van der Waals surface area contributed by atoms with E-state index in [9.17, 15) is 8.42 Å². The highest BCUT2D eigenvalue weighted by atomic mass is 32.2. The maximum Gasteiger partial charge on any atom is 0.147 e. The second-order valence-corrected chi connectivity index (χ2v) is 8.03. The van der Waals surface area contributed by atoms with Gasteiger partial charge in [0.2, 0.25) is 0 Å². The van der Waals surface area contributed by atoms with Crippen molar-refractivity contribution in [2.24, 2.45) is 11.8 Å². The first-order chi connectivity index (χ1) is 9.03. The molecule has 1 aliphatic rings. The van der Waals surface area contributed by atoms with Gasteiger partial charge < -0.3 is 10.1 Å². The second kappa shape index (κ2) is 8.93. The number of hydrogen-bond acceptors (Lipinski definition) is 4. The first-order valence-corrected chi connectivity index (χ1v) is 9.46. The van der Waals surface area contributed by atoms with Gasteiger partial charge in [0.15, 0.2) is 0 Å². The Bertz CT molecular complexity index is 324. The smallest absolute Gasteiger partial charge is 0.147 e. The van der Waals surface area contributed by atoms with E-state index in [2.05, 4.69) is 5.32 Å². The fourth-order valence-corrected chi connectivity index (χ4v) is 3.69. The molecular weight excluding hydrogens is 262 g/mol. The number of ether oxygens (including phenoxy) is 1. The molecule has 1 aliphatic carbocycles. The van der Waals surface area contributed by atoms with Crippen LogP contribution in [0.2, 0.25) is 0 Å². The van der Waals surface area contributed by atoms with Gasteiger partial charge in [0.25, 0.3) is 0 Å². The molecule has 5 heteroatoms. The van der Waals surface area contributed by atoms with E-state index in [-0.39, 0.29) is 0 Å². The molecule has 1 unspecified atom stereocenters. The van der Waals surface area contributed by atoms with E-state index in [0.717, 1.165) is 38.5 Å². The minimum Gasteiger partial charge on any atom is -0.383 e. The molecule has 1 atom stereocenters. The summed E-state index contributed by atoms with van der Waals surface area (Å²) in [6.07, 6.45) is 8.46. The van der Waals surface area contributed by atoms with Gasteiger partial charge >= 0.3 is 0 Å². The molecule has 0 spiro atoms. The van der Waals surface area contributed by atoms with E-state index in [1.165, 1.54) is 31.9 Å². The lowest BCUT2D eigenvalue weighted by Gasteiger charge is -2.23. The SMILES string of the molecule is COCCNCC(CCCS(C)(=O)=O)C1CCCC1. The number of methoxy groups -OCH3 is 1. The predicted molar refractivity (Wildman–Crippen MR) is 79.1 cm³/mol. The Morgan fingerprint density at radius 3 is 2.58 bits per heavy atom. The molecule has 0 aromatic carbocycles. The van der Waals surface area contributed by atoms with E-state index in [4.69, 9.17) is 4.74 Å². The van der Waals surface area contributed by atoms with Crippen molar-refractivity contribution < 1.29 is 13.2 Å². The van der Waals surface area contributed by atoms with Crippen molar-refractivity contribution in [2.75, 3.05) is 38.8 Å². The third-order valence-electron chi connectivity index (χ3n) is 4.05. The maximum absolute atomic E-state index is 11.2. The number of rotatable bonds is 10. The topological polar surface area (TPSA) is 55.4 Å². The molecule has 4 nitrogen and oxygen atoms in total. The lowest BCUT2D eigenvalue weighted by molar-refractivity contribution is 0.194. The highest BCUT2D eigenvalue weighted by molar-refractivity contribution is 7.90.